The summed E-state index contributed by atoms with van der Waals surface area (Å²) in [4.78, 5) is 0. The average molecular weight is 178 g/mol. The fourth-order valence-electron chi connectivity index (χ4n) is 0.895. The standard InChI is InChI=1S/C5H4F6/c6-2-1-3(7)5(10,11)4(2,8)9/h2-3H,1H2. The Kier molecular flexibility index (Phi) is 1.61. The van der Waals surface area contributed by atoms with Gasteiger partial charge in [0.1, 0.15) is 0 Å². The van der Waals surface area contributed by atoms with Gasteiger partial charge in [-0.25, -0.2) is 8.78 Å². The van der Waals surface area contributed by atoms with Crippen molar-refractivity contribution in [3.05, 3.63) is 0 Å². The fraction of sp³-hybridized carbons (Fsp3) is 1.00. The van der Waals surface area contributed by atoms with Gasteiger partial charge in [0.15, 0.2) is 12.3 Å². The maximum Gasteiger partial charge on any atom is 0.343 e. The van der Waals surface area contributed by atoms with Crippen molar-refractivity contribution in [2.75, 3.05) is 0 Å². The summed E-state index contributed by atoms with van der Waals surface area (Å²) in [6.07, 6.45) is -7.58. The first-order chi connectivity index (χ1) is 4.80. The van der Waals surface area contributed by atoms with Crippen LogP contribution in [0.3, 0.4) is 0 Å². The Labute approximate surface area is 58.2 Å². The summed E-state index contributed by atoms with van der Waals surface area (Å²) in [7, 11) is 0. The molecule has 0 amide bonds. The Morgan fingerprint density at radius 1 is 0.818 bits per heavy atom. The van der Waals surface area contributed by atoms with Gasteiger partial charge in [-0.15, -0.1) is 0 Å². The van der Waals surface area contributed by atoms with Crippen molar-refractivity contribution in [2.24, 2.45) is 0 Å². The molecule has 0 aromatic rings. The molecule has 0 radical (unpaired) electrons. The van der Waals surface area contributed by atoms with Crippen molar-refractivity contribution in [1.29, 1.82) is 0 Å². The monoisotopic (exact) mass is 178 g/mol. The number of hydrogen-bond acceptors (Lipinski definition) is 0. The summed E-state index contributed by atoms with van der Waals surface area (Å²) in [5.74, 6) is -9.71. The van der Waals surface area contributed by atoms with Crippen LogP contribution in [-0.2, 0) is 0 Å². The first-order valence-electron chi connectivity index (χ1n) is 2.84. The predicted molar refractivity (Wildman–Crippen MR) is 24.3 cm³/mol. The van der Waals surface area contributed by atoms with Gasteiger partial charge in [0, 0.05) is 6.42 Å². The summed E-state index contributed by atoms with van der Waals surface area (Å²) >= 11 is 0. The number of alkyl halides is 6. The fourth-order valence-corrected chi connectivity index (χ4v) is 0.895. The molecular weight excluding hydrogens is 174 g/mol. The van der Waals surface area contributed by atoms with Crippen LogP contribution in [0, 0.1) is 0 Å². The zero-order valence-corrected chi connectivity index (χ0v) is 5.13. The Morgan fingerprint density at radius 2 is 1.09 bits per heavy atom. The third kappa shape index (κ3) is 0.911. The molecule has 11 heavy (non-hydrogen) atoms. The molecule has 66 valence electrons. The topological polar surface area (TPSA) is 0 Å². The first-order valence-corrected chi connectivity index (χ1v) is 2.84. The third-order valence-corrected chi connectivity index (χ3v) is 1.65. The molecule has 0 spiro atoms. The second-order valence-corrected chi connectivity index (χ2v) is 2.42. The molecule has 0 saturated heterocycles. The van der Waals surface area contributed by atoms with Crippen molar-refractivity contribution in [1.82, 2.24) is 0 Å². The van der Waals surface area contributed by atoms with Gasteiger partial charge in [-0.05, 0) is 0 Å². The van der Waals surface area contributed by atoms with Crippen LogP contribution in [0.1, 0.15) is 6.42 Å². The SMILES string of the molecule is FC1CC(F)C(F)(F)C1(F)F. The number of rotatable bonds is 0. The van der Waals surface area contributed by atoms with Crippen LogP contribution in [0.4, 0.5) is 26.3 Å². The van der Waals surface area contributed by atoms with E-state index in [1.807, 2.05) is 0 Å². The van der Waals surface area contributed by atoms with E-state index in [2.05, 4.69) is 0 Å². The van der Waals surface area contributed by atoms with Gasteiger partial charge in [-0.3, -0.25) is 0 Å². The van der Waals surface area contributed by atoms with E-state index in [0.29, 0.717) is 0 Å². The van der Waals surface area contributed by atoms with E-state index in [1.54, 1.807) is 0 Å². The van der Waals surface area contributed by atoms with E-state index in [-0.39, 0.29) is 0 Å². The normalized spacial score (nSPS) is 40.9. The molecule has 2 atom stereocenters. The quantitative estimate of drug-likeness (QED) is 0.499. The van der Waals surface area contributed by atoms with Crippen LogP contribution in [0.5, 0.6) is 0 Å². The molecule has 1 saturated carbocycles. The average Bonchev–Trinajstić information content (AvgIpc) is 1.95. The second-order valence-electron chi connectivity index (χ2n) is 2.42. The van der Waals surface area contributed by atoms with Gasteiger partial charge in [0.25, 0.3) is 0 Å². The first kappa shape index (κ1) is 8.67. The minimum Gasteiger partial charge on any atom is -0.240 e. The third-order valence-electron chi connectivity index (χ3n) is 1.65. The Bertz CT molecular complexity index is 146. The van der Waals surface area contributed by atoms with Crippen molar-refractivity contribution in [2.45, 2.75) is 30.6 Å². The van der Waals surface area contributed by atoms with Crippen LogP contribution in [0.2, 0.25) is 0 Å². The Balaban J connectivity index is 2.95. The van der Waals surface area contributed by atoms with E-state index in [1.165, 1.54) is 0 Å². The van der Waals surface area contributed by atoms with E-state index in [4.69, 9.17) is 0 Å². The number of halogens is 6. The lowest BCUT2D eigenvalue weighted by Gasteiger charge is -2.19. The van der Waals surface area contributed by atoms with Crippen molar-refractivity contribution in [3.8, 4) is 0 Å². The minimum atomic E-state index is -4.85. The summed E-state index contributed by atoms with van der Waals surface area (Å²) in [6.45, 7) is 0. The molecule has 0 nitrogen and oxygen atoms in total. The molecule has 0 aromatic heterocycles. The highest BCUT2D eigenvalue weighted by Gasteiger charge is 2.72. The van der Waals surface area contributed by atoms with Crippen molar-refractivity contribution in [3.63, 3.8) is 0 Å². The molecule has 0 aromatic carbocycles. The van der Waals surface area contributed by atoms with Crippen molar-refractivity contribution < 1.29 is 26.3 Å². The zero-order valence-electron chi connectivity index (χ0n) is 5.13. The van der Waals surface area contributed by atoms with Gasteiger partial charge in [0.2, 0.25) is 0 Å². The van der Waals surface area contributed by atoms with Gasteiger partial charge in [0.05, 0.1) is 0 Å². The largest absolute Gasteiger partial charge is 0.343 e. The molecular formula is C5H4F6. The maximum absolute atomic E-state index is 12.0. The molecule has 0 N–H and O–H groups in total. The van der Waals surface area contributed by atoms with E-state index >= 15 is 0 Å². The van der Waals surface area contributed by atoms with Gasteiger partial charge >= 0.3 is 11.8 Å². The van der Waals surface area contributed by atoms with Gasteiger partial charge in [-0.1, -0.05) is 0 Å². The molecule has 0 heterocycles. The molecule has 1 aliphatic rings. The minimum absolute atomic E-state index is 1.43. The lowest BCUT2D eigenvalue weighted by Crippen LogP contribution is -2.44. The van der Waals surface area contributed by atoms with Crippen LogP contribution in [0.25, 0.3) is 0 Å². The molecule has 1 aliphatic carbocycles. The molecule has 2 unspecified atom stereocenters. The zero-order chi connectivity index (χ0) is 8.86. The molecule has 1 fully saturated rings. The van der Waals surface area contributed by atoms with Crippen LogP contribution in [0.15, 0.2) is 0 Å². The van der Waals surface area contributed by atoms with Crippen LogP contribution in [-0.4, -0.2) is 24.2 Å². The highest BCUT2D eigenvalue weighted by molar-refractivity contribution is 5.04. The lowest BCUT2D eigenvalue weighted by molar-refractivity contribution is -0.223. The number of hydrogen-bond donors (Lipinski definition) is 0. The maximum atomic E-state index is 12.0. The summed E-state index contributed by atoms with van der Waals surface area (Å²) in [5, 5.41) is 0. The smallest absolute Gasteiger partial charge is 0.240 e. The van der Waals surface area contributed by atoms with Crippen LogP contribution >= 0.6 is 0 Å². The lowest BCUT2D eigenvalue weighted by atomic mass is 10.2. The predicted octanol–water partition coefficient (Wildman–Crippen LogP) is 2.34. The molecule has 0 bridgehead atoms. The van der Waals surface area contributed by atoms with E-state index < -0.39 is 30.6 Å². The highest BCUT2D eigenvalue weighted by Crippen LogP contribution is 2.50. The van der Waals surface area contributed by atoms with Gasteiger partial charge in [-0.2, -0.15) is 17.6 Å². The summed E-state index contributed by atoms with van der Waals surface area (Å²) in [6, 6.07) is 0. The molecule has 1 rings (SSSR count). The molecule has 6 heteroatoms. The summed E-state index contributed by atoms with van der Waals surface area (Å²) in [5.41, 5.74) is 0. The highest BCUT2D eigenvalue weighted by atomic mass is 19.3. The Morgan fingerprint density at radius 3 is 1.18 bits per heavy atom. The van der Waals surface area contributed by atoms with Crippen molar-refractivity contribution >= 4 is 0 Å². The van der Waals surface area contributed by atoms with E-state index in [0.717, 1.165) is 0 Å². The van der Waals surface area contributed by atoms with Gasteiger partial charge < -0.3 is 0 Å². The van der Waals surface area contributed by atoms with Crippen LogP contribution < -0.4 is 0 Å². The van der Waals surface area contributed by atoms with E-state index in [9.17, 15) is 26.3 Å². The Hall–Kier alpha value is -0.420. The molecule has 0 aliphatic heterocycles. The second kappa shape index (κ2) is 2.04. The summed E-state index contributed by atoms with van der Waals surface area (Å²) < 4.78 is 72.0.